The Kier molecular flexibility index (Phi) is 3.48. The molecule has 0 spiro atoms. The number of halogens is 7. The monoisotopic (exact) mass is 346 g/mol. The van der Waals surface area contributed by atoms with Gasteiger partial charge in [-0.25, -0.2) is 17.6 Å². The normalized spacial score (nSPS) is 26.7. The third kappa shape index (κ3) is 2.81. The molecule has 0 aliphatic heterocycles. The number of hydrogen-bond donors (Lipinski definition) is 1. The van der Waals surface area contributed by atoms with Gasteiger partial charge in [0.15, 0.2) is 5.69 Å². The first-order valence-corrected chi connectivity index (χ1v) is 7.01. The van der Waals surface area contributed by atoms with Gasteiger partial charge in [-0.15, -0.1) is 0 Å². The Bertz CT molecular complexity index is 615. The molecule has 130 valence electrons. The molecule has 1 atom stereocenters. The summed E-state index contributed by atoms with van der Waals surface area (Å²) in [7, 11) is 0. The SMILES string of the molecule is O[C@H]1c2c(C(F)(F)F)nn(CC3CC(F)(F)C3)c2CCC1(F)F. The van der Waals surface area contributed by atoms with E-state index in [4.69, 9.17) is 0 Å². The summed E-state index contributed by atoms with van der Waals surface area (Å²) in [6.07, 6.45) is -9.76. The van der Waals surface area contributed by atoms with Crippen molar-refractivity contribution in [1.29, 1.82) is 0 Å². The largest absolute Gasteiger partial charge is 0.435 e. The highest BCUT2D eigenvalue weighted by atomic mass is 19.4. The molecule has 0 unspecified atom stereocenters. The van der Waals surface area contributed by atoms with E-state index in [2.05, 4.69) is 5.10 Å². The third-order valence-electron chi connectivity index (χ3n) is 4.34. The summed E-state index contributed by atoms with van der Waals surface area (Å²) in [5.41, 5.74) is -2.64. The summed E-state index contributed by atoms with van der Waals surface area (Å²) in [6, 6.07) is 0. The quantitative estimate of drug-likeness (QED) is 0.832. The van der Waals surface area contributed by atoms with Crippen LogP contribution < -0.4 is 0 Å². The Labute approximate surface area is 126 Å². The molecular weight excluding hydrogens is 333 g/mol. The summed E-state index contributed by atoms with van der Waals surface area (Å²) < 4.78 is 92.7. The fraction of sp³-hybridized carbons (Fsp3) is 0.769. The maximum Gasteiger partial charge on any atom is 0.435 e. The maximum atomic E-state index is 13.5. The lowest BCUT2D eigenvalue weighted by atomic mass is 9.81. The second-order valence-corrected chi connectivity index (χ2v) is 6.18. The molecule has 1 heterocycles. The van der Waals surface area contributed by atoms with E-state index >= 15 is 0 Å². The minimum Gasteiger partial charge on any atom is -0.382 e. The van der Waals surface area contributed by atoms with E-state index in [0.29, 0.717) is 0 Å². The van der Waals surface area contributed by atoms with Crippen LogP contribution in [0.5, 0.6) is 0 Å². The number of aliphatic hydroxyl groups excluding tert-OH is 1. The van der Waals surface area contributed by atoms with Crippen LogP contribution in [0.15, 0.2) is 0 Å². The highest BCUT2D eigenvalue weighted by Gasteiger charge is 2.52. The Morgan fingerprint density at radius 2 is 1.78 bits per heavy atom. The average molecular weight is 346 g/mol. The van der Waals surface area contributed by atoms with Gasteiger partial charge in [0, 0.05) is 37.1 Å². The van der Waals surface area contributed by atoms with Crippen LogP contribution in [-0.2, 0) is 19.1 Å². The van der Waals surface area contributed by atoms with Crippen molar-refractivity contribution in [2.75, 3.05) is 0 Å². The molecule has 1 aromatic rings. The minimum absolute atomic E-state index is 0.147. The predicted molar refractivity (Wildman–Crippen MR) is 63.1 cm³/mol. The molecule has 23 heavy (non-hydrogen) atoms. The van der Waals surface area contributed by atoms with E-state index in [1.54, 1.807) is 0 Å². The number of fused-ring (bicyclic) bond motifs is 1. The van der Waals surface area contributed by atoms with Gasteiger partial charge in [-0.3, -0.25) is 4.68 Å². The van der Waals surface area contributed by atoms with Crippen LogP contribution in [0.2, 0.25) is 0 Å². The standard InChI is InChI=1S/C13H13F7N2O/c14-11(15)3-6(4-11)5-22-7-1-2-12(16,17)10(23)8(7)9(21-22)13(18,19)20/h6,10,23H,1-5H2/t10-/m0/s1. The second kappa shape index (κ2) is 4.84. The van der Waals surface area contributed by atoms with Crippen molar-refractivity contribution in [3.8, 4) is 0 Å². The molecule has 3 nitrogen and oxygen atoms in total. The number of nitrogens with zero attached hydrogens (tertiary/aromatic N) is 2. The molecule has 0 amide bonds. The number of alkyl halides is 7. The molecule has 1 aromatic heterocycles. The lowest BCUT2D eigenvalue weighted by Crippen LogP contribution is -2.38. The Morgan fingerprint density at radius 3 is 2.30 bits per heavy atom. The predicted octanol–water partition coefficient (Wildman–Crippen LogP) is 3.56. The molecule has 0 aromatic carbocycles. The van der Waals surface area contributed by atoms with Gasteiger partial charge in [0.1, 0.15) is 6.10 Å². The van der Waals surface area contributed by atoms with Gasteiger partial charge in [0.2, 0.25) is 5.92 Å². The van der Waals surface area contributed by atoms with Crippen molar-refractivity contribution in [2.24, 2.45) is 5.92 Å². The van der Waals surface area contributed by atoms with E-state index in [9.17, 15) is 35.8 Å². The fourth-order valence-corrected chi connectivity index (χ4v) is 3.21. The number of hydrogen-bond acceptors (Lipinski definition) is 2. The molecule has 2 aliphatic carbocycles. The fourth-order valence-electron chi connectivity index (χ4n) is 3.21. The summed E-state index contributed by atoms with van der Waals surface area (Å²) in [6.45, 7) is -0.202. The molecule has 0 bridgehead atoms. The van der Waals surface area contributed by atoms with Crippen molar-refractivity contribution in [1.82, 2.24) is 9.78 Å². The number of rotatable bonds is 2. The highest BCUT2D eigenvalue weighted by Crippen LogP contribution is 2.48. The first-order chi connectivity index (χ1) is 10.4. The molecule has 3 rings (SSSR count). The van der Waals surface area contributed by atoms with Gasteiger partial charge < -0.3 is 5.11 Å². The first kappa shape index (κ1) is 16.5. The lowest BCUT2D eigenvalue weighted by Gasteiger charge is -2.35. The summed E-state index contributed by atoms with van der Waals surface area (Å²) in [4.78, 5) is 0. The average Bonchev–Trinajstić information content (AvgIpc) is 2.71. The molecule has 1 fully saturated rings. The van der Waals surface area contributed by atoms with Crippen LogP contribution >= 0.6 is 0 Å². The van der Waals surface area contributed by atoms with Gasteiger partial charge in [-0.2, -0.15) is 18.3 Å². The van der Waals surface area contributed by atoms with E-state index in [1.807, 2.05) is 0 Å². The molecule has 0 radical (unpaired) electrons. The maximum absolute atomic E-state index is 13.5. The molecule has 0 saturated heterocycles. The molecule has 1 N–H and O–H groups in total. The number of aliphatic hydroxyl groups is 1. The Balaban J connectivity index is 1.97. The first-order valence-electron chi connectivity index (χ1n) is 7.01. The molecule has 2 aliphatic rings. The van der Waals surface area contributed by atoms with Crippen molar-refractivity contribution >= 4 is 0 Å². The van der Waals surface area contributed by atoms with E-state index in [-0.39, 0.29) is 12.2 Å². The van der Waals surface area contributed by atoms with E-state index in [1.165, 1.54) is 0 Å². The van der Waals surface area contributed by atoms with Crippen LogP contribution in [0.1, 0.15) is 42.3 Å². The van der Waals surface area contributed by atoms with Gasteiger partial charge in [0.05, 0.1) is 0 Å². The van der Waals surface area contributed by atoms with Gasteiger partial charge in [0.25, 0.3) is 5.92 Å². The zero-order valence-electron chi connectivity index (χ0n) is 11.7. The van der Waals surface area contributed by atoms with Crippen molar-refractivity contribution in [2.45, 2.75) is 56.4 Å². The number of aromatic nitrogens is 2. The summed E-state index contributed by atoms with van der Waals surface area (Å²) in [5, 5.41) is 12.9. The molecular formula is C13H13F7N2O. The minimum atomic E-state index is -5.01. The summed E-state index contributed by atoms with van der Waals surface area (Å²) >= 11 is 0. The van der Waals surface area contributed by atoms with Crippen LogP contribution in [0.4, 0.5) is 30.7 Å². The van der Waals surface area contributed by atoms with Crippen LogP contribution in [0.3, 0.4) is 0 Å². The highest BCUT2D eigenvalue weighted by molar-refractivity contribution is 5.35. The van der Waals surface area contributed by atoms with Gasteiger partial charge in [-0.05, 0) is 12.3 Å². The van der Waals surface area contributed by atoms with Crippen LogP contribution in [0.25, 0.3) is 0 Å². The van der Waals surface area contributed by atoms with Crippen LogP contribution in [0, 0.1) is 5.92 Å². The van der Waals surface area contributed by atoms with Crippen LogP contribution in [-0.4, -0.2) is 26.7 Å². The Morgan fingerprint density at radius 1 is 1.17 bits per heavy atom. The summed E-state index contributed by atoms with van der Waals surface area (Å²) in [5.74, 6) is -7.07. The van der Waals surface area contributed by atoms with E-state index in [0.717, 1.165) is 4.68 Å². The Hall–Kier alpha value is -1.32. The van der Waals surface area contributed by atoms with Crippen molar-refractivity contribution in [3.05, 3.63) is 17.0 Å². The zero-order chi connectivity index (χ0) is 17.2. The topological polar surface area (TPSA) is 38.1 Å². The van der Waals surface area contributed by atoms with Gasteiger partial charge >= 0.3 is 6.18 Å². The zero-order valence-corrected chi connectivity index (χ0v) is 11.7. The van der Waals surface area contributed by atoms with E-state index < -0.39 is 67.0 Å². The van der Waals surface area contributed by atoms with Gasteiger partial charge in [-0.1, -0.05) is 0 Å². The van der Waals surface area contributed by atoms with Crippen molar-refractivity contribution in [3.63, 3.8) is 0 Å². The smallest absolute Gasteiger partial charge is 0.382 e. The van der Waals surface area contributed by atoms with Crippen molar-refractivity contribution < 1.29 is 35.8 Å². The molecule has 1 saturated carbocycles. The lowest BCUT2D eigenvalue weighted by molar-refractivity contribution is -0.150. The molecule has 10 heteroatoms. The third-order valence-corrected chi connectivity index (χ3v) is 4.34. The second-order valence-electron chi connectivity index (χ2n) is 6.18.